The Kier molecular flexibility index (Phi) is 3.26. The van der Waals surface area contributed by atoms with Crippen LogP contribution in [-0.2, 0) is 9.53 Å². The van der Waals surface area contributed by atoms with Crippen molar-refractivity contribution in [2.75, 3.05) is 0 Å². The zero-order chi connectivity index (χ0) is 14.7. The van der Waals surface area contributed by atoms with Crippen molar-refractivity contribution in [3.8, 4) is 0 Å². The average molecular weight is 276 g/mol. The van der Waals surface area contributed by atoms with E-state index >= 15 is 0 Å². The average Bonchev–Trinajstić information content (AvgIpc) is 2.98. The predicted molar refractivity (Wildman–Crippen MR) is 80.0 cm³/mol. The summed E-state index contributed by atoms with van der Waals surface area (Å²) in [6, 6.07) is 0. The monoisotopic (exact) mass is 276 g/mol. The summed E-state index contributed by atoms with van der Waals surface area (Å²) < 4.78 is 5.62. The second kappa shape index (κ2) is 4.61. The molecule has 20 heavy (non-hydrogen) atoms. The van der Waals surface area contributed by atoms with E-state index in [0.717, 1.165) is 29.6 Å². The van der Waals surface area contributed by atoms with Crippen LogP contribution in [-0.4, -0.2) is 11.6 Å². The zero-order valence-corrected chi connectivity index (χ0v) is 13.4. The normalized spacial score (nSPS) is 43.6. The number of carbonyl (C=O) groups is 1. The van der Waals surface area contributed by atoms with E-state index in [9.17, 15) is 4.79 Å². The molecule has 2 nitrogen and oxygen atoms in total. The largest absolute Gasteiger partial charge is 0.460 e. The summed E-state index contributed by atoms with van der Waals surface area (Å²) >= 11 is 0. The van der Waals surface area contributed by atoms with Crippen molar-refractivity contribution >= 4 is 5.97 Å². The topological polar surface area (TPSA) is 26.3 Å². The van der Waals surface area contributed by atoms with Crippen molar-refractivity contribution in [3.63, 3.8) is 0 Å². The molecule has 0 aromatic heterocycles. The summed E-state index contributed by atoms with van der Waals surface area (Å²) in [6.07, 6.45) is 7.38. The molecule has 3 rings (SSSR count). The Labute approximate surface area is 123 Å². The zero-order valence-electron chi connectivity index (χ0n) is 13.4. The van der Waals surface area contributed by atoms with Crippen LogP contribution in [0, 0.1) is 41.4 Å². The van der Waals surface area contributed by atoms with Gasteiger partial charge in [0, 0.05) is 0 Å². The molecule has 0 amide bonds. The first-order valence-corrected chi connectivity index (χ1v) is 8.19. The van der Waals surface area contributed by atoms with Crippen molar-refractivity contribution in [1.29, 1.82) is 0 Å². The van der Waals surface area contributed by atoms with Gasteiger partial charge in [0.1, 0.15) is 5.60 Å². The predicted octanol–water partition coefficient (Wildman–Crippen LogP) is 4.06. The highest BCUT2D eigenvalue weighted by Crippen LogP contribution is 2.61. The van der Waals surface area contributed by atoms with Crippen LogP contribution in [0.25, 0.3) is 0 Å². The molecule has 0 aromatic carbocycles. The number of fused-ring (bicyclic) bond motifs is 5. The maximum atomic E-state index is 12.4. The SMILES string of the molecule is CC1CC(C(C)C(=O)OC(C)(C)C)C2C3C=CC(C3)C12. The van der Waals surface area contributed by atoms with E-state index in [4.69, 9.17) is 4.74 Å². The van der Waals surface area contributed by atoms with Gasteiger partial charge in [-0.3, -0.25) is 4.79 Å². The van der Waals surface area contributed by atoms with Crippen LogP contribution in [0.15, 0.2) is 12.2 Å². The first kappa shape index (κ1) is 14.2. The molecule has 0 radical (unpaired) electrons. The van der Waals surface area contributed by atoms with E-state index in [1.165, 1.54) is 12.8 Å². The van der Waals surface area contributed by atoms with Crippen molar-refractivity contribution in [2.24, 2.45) is 41.4 Å². The smallest absolute Gasteiger partial charge is 0.309 e. The van der Waals surface area contributed by atoms with Crippen molar-refractivity contribution in [2.45, 2.75) is 53.1 Å². The fraction of sp³-hybridized carbons (Fsp3) is 0.833. The van der Waals surface area contributed by atoms with E-state index < -0.39 is 0 Å². The third kappa shape index (κ3) is 2.21. The Bertz CT molecular complexity index is 431. The molecule has 0 aliphatic heterocycles. The minimum absolute atomic E-state index is 0.00195. The second-order valence-corrected chi connectivity index (χ2v) is 8.30. The summed E-state index contributed by atoms with van der Waals surface area (Å²) in [4.78, 5) is 12.4. The number of esters is 1. The summed E-state index contributed by atoms with van der Waals surface area (Å²) in [7, 11) is 0. The third-order valence-corrected chi connectivity index (χ3v) is 5.80. The fourth-order valence-corrected chi connectivity index (χ4v) is 5.15. The molecule has 0 N–H and O–H groups in total. The van der Waals surface area contributed by atoms with Crippen LogP contribution in [0.4, 0.5) is 0 Å². The Balaban J connectivity index is 1.74. The molecule has 0 spiro atoms. The Morgan fingerprint density at radius 3 is 2.35 bits per heavy atom. The van der Waals surface area contributed by atoms with Gasteiger partial charge in [-0.2, -0.15) is 0 Å². The molecular weight excluding hydrogens is 248 g/mol. The van der Waals surface area contributed by atoms with Crippen LogP contribution in [0.1, 0.15) is 47.5 Å². The van der Waals surface area contributed by atoms with Gasteiger partial charge in [-0.15, -0.1) is 0 Å². The van der Waals surface area contributed by atoms with Crippen LogP contribution in [0.3, 0.4) is 0 Å². The van der Waals surface area contributed by atoms with Gasteiger partial charge in [-0.1, -0.05) is 26.0 Å². The number of allylic oxidation sites excluding steroid dienone is 2. The summed E-state index contributed by atoms with van der Waals surface area (Å²) in [5.74, 6) is 4.38. The van der Waals surface area contributed by atoms with Crippen LogP contribution >= 0.6 is 0 Å². The van der Waals surface area contributed by atoms with E-state index in [1.54, 1.807) is 0 Å². The molecule has 112 valence electrons. The van der Waals surface area contributed by atoms with E-state index in [-0.39, 0.29) is 17.5 Å². The number of hydrogen-bond acceptors (Lipinski definition) is 2. The lowest BCUT2D eigenvalue weighted by molar-refractivity contribution is -0.162. The van der Waals surface area contributed by atoms with Gasteiger partial charge >= 0.3 is 5.97 Å². The van der Waals surface area contributed by atoms with Gasteiger partial charge in [-0.05, 0) is 69.1 Å². The lowest BCUT2D eigenvalue weighted by Crippen LogP contribution is -2.34. The van der Waals surface area contributed by atoms with E-state index in [0.29, 0.717) is 5.92 Å². The van der Waals surface area contributed by atoms with Crippen LogP contribution in [0.5, 0.6) is 0 Å². The van der Waals surface area contributed by atoms with Crippen molar-refractivity contribution in [3.05, 3.63) is 12.2 Å². The number of rotatable bonds is 2. The maximum Gasteiger partial charge on any atom is 0.309 e. The molecular formula is C18H28O2. The minimum atomic E-state index is -0.371. The Hall–Kier alpha value is -0.790. The molecule has 0 heterocycles. The molecule has 0 saturated heterocycles. The molecule has 2 fully saturated rings. The second-order valence-electron chi connectivity index (χ2n) is 8.30. The van der Waals surface area contributed by atoms with E-state index in [2.05, 4.69) is 26.0 Å². The summed E-state index contributed by atoms with van der Waals surface area (Å²) in [6.45, 7) is 10.3. The maximum absolute atomic E-state index is 12.4. The number of hydrogen-bond donors (Lipinski definition) is 0. The van der Waals surface area contributed by atoms with Gasteiger partial charge < -0.3 is 4.74 Å². The molecule has 2 heteroatoms. The van der Waals surface area contributed by atoms with Crippen molar-refractivity contribution in [1.82, 2.24) is 0 Å². The summed E-state index contributed by atoms with van der Waals surface area (Å²) in [5, 5.41) is 0. The lowest BCUT2D eigenvalue weighted by Gasteiger charge is -2.31. The van der Waals surface area contributed by atoms with Gasteiger partial charge in [0.15, 0.2) is 0 Å². The van der Waals surface area contributed by atoms with Crippen LogP contribution < -0.4 is 0 Å². The molecule has 0 aromatic rings. The van der Waals surface area contributed by atoms with Gasteiger partial charge in [0.25, 0.3) is 0 Å². The number of ether oxygens (including phenoxy) is 1. The van der Waals surface area contributed by atoms with Crippen molar-refractivity contribution < 1.29 is 9.53 Å². The molecule has 3 aliphatic carbocycles. The minimum Gasteiger partial charge on any atom is -0.460 e. The Morgan fingerprint density at radius 1 is 1.15 bits per heavy atom. The first-order valence-electron chi connectivity index (χ1n) is 8.19. The van der Waals surface area contributed by atoms with Gasteiger partial charge in [0.2, 0.25) is 0 Å². The molecule has 3 aliphatic rings. The summed E-state index contributed by atoms with van der Waals surface area (Å²) in [5.41, 5.74) is -0.371. The molecule has 7 atom stereocenters. The first-order chi connectivity index (χ1) is 9.28. The third-order valence-electron chi connectivity index (χ3n) is 5.80. The molecule has 2 saturated carbocycles. The van der Waals surface area contributed by atoms with E-state index in [1.807, 2.05) is 20.8 Å². The number of carbonyl (C=O) groups excluding carboxylic acids is 1. The molecule has 2 bridgehead atoms. The quantitative estimate of drug-likeness (QED) is 0.561. The highest BCUT2D eigenvalue weighted by Gasteiger charge is 2.56. The van der Waals surface area contributed by atoms with Crippen LogP contribution in [0.2, 0.25) is 0 Å². The highest BCUT2D eigenvalue weighted by atomic mass is 16.6. The highest BCUT2D eigenvalue weighted by molar-refractivity contribution is 5.73. The fourth-order valence-electron chi connectivity index (χ4n) is 5.15. The Morgan fingerprint density at radius 2 is 1.75 bits per heavy atom. The lowest BCUT2D eigenvalue weighted by atomic mass is 9.76. The van der Waals surface area contributed by atoms with Gasteiger partial charge in [-0.25, -0.2) is 0 Å². The standard InChI is InChI=1S/C18H28O2/c1-10-8-14(11(2)17(19)20-18(3,4)5)16-13-7-6-12(9-13)15(10)16/h6-7,10-16H,8-9H2,1-5H3. The van der Waals surface area contributed by atoms with Gasteiger partial charge in [0.05, 0.1) is 5.92 Å². The molecule has 7 unspecified atom stereocenters.